The maximum atomic E-state index is 12.2. The quantitative estimate of drug-likeness (QED) is 0.660. The van der Waals surface area contributed by atoms with Gasteiger partial charge >= 0.3 is 0 Å². The molecule has 1 aromatic rings. The van der Waals surface area contributed by atoms with Gasteiger partial charge in [-0.05, 0) is 36.5 Å². The van der Waals surface area contributed by atoms with E-state index >= 15 is 0 Å². The predicted octanol–water partition coefficient (Wildman–Crippen LogP) is 3.00. The number of rotatable bonds is 9. The van der Waals surface area contributed by atoms with E-state index in [0.29, 0.717) is 18.9 Å². The molecule has 2 rings (SSSR count). The van der Waals surface area contributed by atoms with E-state index in [1.165, 1.54) is 32.1 Å². The SMILES string of the molecule is CCc1ccc(S(=O)(=O)NCCNC(=O)CCC2CCCCC2)cc1. The van der Waals surface area contributed by atoms with E-state index in [0.717, 1.165) is 18.4 Å². The molecular formula is C19H30N2O3S. The fraction of sp³-hybridized carbons (Fsp3) is 0.632. The third kappa shape index (κ3) is 6.78. The third-order valence-corrected chi connectivity index (χ3v) is 6.36. The molecule has 1 aliphatic carbocycles. The molecule has 0 aromatic heterocycles. The summed E-state index contributed by atoms with van der Waals surface area (Å²) < 4.78 is 26.9. The summed E-state index contributed by atoms with van der Waals surface area (Å²) in [5, 5.41) is 2.80. The normalized spacial score (nSPS) is 15.9. The molecule has 6 heteroatoms. The number of nitrogens with one attached hydrogen (secondary N) is 2. The Morgan fingerprint density at radius 3 is 2.40 bits per heavy atom. The van der Waals surface area contributed by atoms with Crippen LogP contribution in [0.4, 0.5) is 0 Å². The summed E-state index contributed by atoms with van der Waals surface area (Å²) in [6, 6.07) is 6.87. The zero-order chi connectivity index (χ0) is 18.1. The second-order valence-electron chi connectivity index (χ2n) is 6.79. The minimum Gasteiger partial charge on any atom is -0.355 e. The molecule has 1 saturated carbocycles. The molecule has 1 amide bonds. The zero-order valence-electron chi connectivity index (χ0n) is 15.1. The van der Waals surface area contributed by atoms with E-state index in [2.05, 4.69) is 10.0 Å². The van der Waals surface area contributed by atoms with Crippen LogP contribution < -0.4 is 10.0 Å². The fourth-order valence-electron chi connectivity index (χ4n) is 3.27. The minimum atomic E-state index is -3.51. The van der Waals surface area contributed by atoms with Gasteiger partial charge in [0.15, 0.2) is 0 Å². The summed E-state index contributed by atoms with van der Waals surface area (Å²) in [7, 11) is -3.51. The number of carbonyl (C=O) groups is 1. The second kappa shape index (κ2) is 9.92. The molecule has 0 saturated heterocycles. The van der Waals surface area contributed by atoms with E-state index in [9.17, 15) is 13.2 Å². The first-order chi connectivity index (χ1) is 12.0. The van der Waals surface area contributed by atoms with E-state index in [-0.39, 0.29) is 17.3 Å². The number of hydrogen-bond acceptors (Lipinski definition) is 3. The van der Waals surface area contributed by atoms with Crippen LogP contribution in [0.3, 0.4) is 0 Å². The molecule has 0 radical (unpaired) electrons. The summed E-state index contributed by atoms with van der Waals surface area (Å²) in [5.41, 5.74) is 1.10. The number of benzene rings is 1. The first-order valence-corrected chi connectivity index (χ1v) is 10.8. The van der Waals surface area contributed by atoms with Crippen LogP contribution in [-0.2, 0) is 21.2 Å². The van der Waals surface area contributed by atoms with Crippen LogP contribution in [0.1, 0.15) is 57.4 Å². The van der Waals surface area contributed by atoms with Crippen LogP contribution in [0.25, 0.3) is 0 Å². The lowest BCUT2D eigenvalue weighted by atomic mass is 9.86. The van der Waals surface area contributed by atoms with E-state index in [1.807, 2.05) is 19.1 Å². The summed E-state index contributed by atoms with van der Waals surface area (Å²) in [6.07, 6.45) is 8.73. The predicted molar refractivity (Wildman–Crippen MR) is 99.8 cm³/mol. The maximum Gasteiger partial charge on any atom is 0.240 e. The largest absolute Gasteiger partial charge is 0.355 e. The average Bonchev–Trinajstić information content (AvgIpc) is 2.64. The van der Waals surface area contributed by atoms with Gasteiger partial charge in [0, 0.05) is 19.5 Å². The van der Waals surface area contributed by atoms with Crippen molar-refractivity contribution in [2.45, 2.75) is 63.2 Å². The monoisotopic (exact) mass is 366 g/mol. The highest BCUT2D eigenvalue weighted by Crippen LogP contribution is 2.27. The van der Waals surface area contributed by atoms with Crippen molar-refractivity contribution in [3.05, 3.63) is 29.8 Å². The smallest absolute Gasteiger partial charge is 0.240 e. The Morgan fingerprint density at radius 1 is 1.08 bits per heavy atom. The summed E-state index contributed by atoms with van der Waals surface area (Å²) in [4.78, 5) is 12.1. The van der Waals surface area contributed by atoms with Crippen molar-refractivity contribution in [3.63, 3.8) is 0 Å². The summed E-state index contributed by atoms with van der Waals surface area (Å²) in [5.74, 6) is 0.696. The molecule has 0 spiro atoms. The van der Waals surface area contributed by atoms with Crippen molar-refractivity contribution in [1.82, 2.24) is 10.0 Å². The van der Waals surface area contributed by atoms with Crippen LogP contribution in [0, 0.1) is 5.92 Å². The Balaban J connectivity index is 1.66. The van der Waals surface area contributed by atoms with Gasteiger partial charge in [-0.2, -0.15) is 0 Å². The van der Waals surface area contributed by atoms with E-state index in [4.69, 9.17) is 0 Å². The van der Waals surface area contributed by atoms with Gasteiger partial charge in [0.2, 0.25) is 15.9 Å². The number of aryl methyl sites for hydroxylation is 1. The Kier molecular flexibility index (Phi) is 7.90. The lowest BCUT2D eigenvalue weighted by Crippen LogP contribution is -2.34. The average molecular weight is 367 g/mol. The van der Waals surface area contributed by atoms with Gasteiger partial charge in [-0.3, -0.25) is 4.79 Å². The molecule has 0 bridgehead atoms. The highest BCUT2D eigenvalue weighted by molar-refractivity contribution is 7.89. The van der Waals surface area contributed by atoms with Gasteiger partial charge in [0.05, 0.1) is 4.90 Å². The molecule has 0 aliphatic heterocycles. The molecule has 1 aromatic carbocycles. The van der Waals surface area contributed by atoms with E-state index < -0.39 is 10.0 Å². The Hall–Kier alpha value is -1.40. The summed E-state index contributed by atoms with van der Waals surface area (Å²) >= 11 is 0. The lowest BCUT2D eigenvalue weighted by molar-refractivity contribution is -0.121. The number of amides is 1. The highest BCUT2D eigenvalue weighted by Gasteiger charge is 2.15. The molecule has 1 aliphatic rings. The molecule has 0 atom stereocenters. The van der Waals surface area contributed by atoms with Crippen LogP contribution in [0.15, 0.2) is 29.2 Å². The van der Waals surface area contributed by atoms with Crippen molar-refractivity contribution in [3.8, 4) is 0 Å². The number of carbonyl (C=O) groups excluding carboxylic acids is 1. The molecule has 140 valence electrons. The first kappa shape index (κ1) is 19.9. The van der Waals surface area contributed by atoms with Crippen molar-refractivity contribution < 1.29 is 13.2 Å². The topological polar surface area (TPSA) is 75.3 Å². The standard InChI is InChI=1S/C19H30N2O3S/c1-2-16-8-11-18(12-9-16)25(23,24)21-15-14-20-19(22)13-10-17-6-4-3-5-7-17/h8-9,11-12,17,21H,2-7,10,13-15H2,1H3,(H,20,22). The highest BCUT2D eigenvalue weighted by atomic mass is 32.2. The fourth-order valence-corrected chi connectivity index (χ4v) is 4.31. The molecule has 0 heterocycles. The summed E-state index contributed by atoms with van der Waals surface area (Å²) in [6.45, 7) is 2.54. The lowest BCUT2D eigenvalue weighted by Gasteiger charge is -2.20. The number of hydrogen-bond donors (Lipinski definition) is 2. The molecular weight excluding hydrogens is 336 g/mol. The van der Waals surface area contributed by atoms with Crippen molar-refractivity contribution >= 4 is 15.9 Å². The van der Waals surface area contributed by atoms with Gasteiger partial charge in [-0.25, -0.2) is 13.1 Å². The van der Waals surface area contributed by atoms with E-state index in [1.54, 1.807) is 12.1 Å². The number of sulfonamides is 1. The van der Waals surface area contributed by atoms with Crippen molar-refractivity contribution in [2.24, 2.45) is 5.92 Å². The van der Waals surface area contributed by atoms with Gasteiger partial charge in [-0.1, -0.05) is 51.2 Å². The van der Waals surface area contributed by atoms with Crippen LogP contribution in [-0.4, -0.2) is 27.4 Å². The zero-order valence-corrected chi connectivity index (χ0v) is 15.9. The molecule has 0 unspecified atom stereocenters. The van der Waals surface area contributed by atoms with Gasteiger partial charge in [0.25, 0.3) is 0 Å². The minimum absolute atomic E-state index is 0.0112. The van der Waals surface area contributed by atoms with Crippen LogP contribution in [0.5, 0.6) is 0 Å². The maximum absolute atomic E-state index is 12.2. The van der Waals surface area contributed by atoms with Gasteiger partial charge in [0.1, 0.15) is 0 Å². The van der Waals surface area contributed by atoms with Gasteiger partial charge < -0.3 is 5.32 Å². The van der Waals surface area contributed by atoms with Crippen LogP contribution >= 0.6 is 0 Å². The Morgan fingerprint density at radius 2 is 1.76 bits per heavy atom. The van der Waals surface area contributed by atoms with Crippen molar-refractivity contribution in [1.29, 1.82) is 0 Å². The third-order valence-electron chi connectivity index (χ3n) is 4.89. The molecule has 2 N–H and O–H groups in total. The molecule has 5 nitrogen and oxygen atoms in total. The Labute approximate surface area is 151 Å². The molecule has 25 heavy (non-hydrogen) atoms. The van der Waals surface area contributed by atoms with Crippen molar-refractivity contribution in [2.75, 3.05) is 13.1 Å². The first-order valence-electron chi connectivity index (χ1n) is 9.36. The van der Waals surface area contributed by atoms with Gasteiger partial charge in [-0.15, -0.1) is 0 Å². The van der Waals surface area contributed by atoms with Crippen LogP contribution in [0.2, 0.25) is 0 Å². The Bertz CT molecular complexity index is 635. The second-order valence-corrected chi connectivity index (χ2v) is 8.55. The molecule has 1 fully saturated rings.